The van der Waals surface area contributed by atoms with Crippen LogP contribution in [0.5, 0.6) is 5.75 Å². The van der Waals surface area contributed by atoms with Gasteiger partial charge < -0.3 is 15.8 Å². The lowest BCUT2D eigenvalue weighted by Crippen LogP contribution is -2.46. The molecule has 1 aliphatic rings. The molecular formula is C15H21N2O2. The minimum absolute atomic E-state index is 0.176. The SMILES string of the molecule is NC(=O)C1CC([CH]CCOc2ccccc2)CCN1. The lowest BCUT2D eigenvalue weighted by Gasteiger charge is -2.28. The summed E-state index contributed by atoms with van der Waals surface area (Å²) in [5, 5.41) is 3.14. The van der Waals surface area contributed by atoms with Crippen molar-refractivity contribution >= 4 is 5.91 Å². The smallest absolute Gasteiger partial charge is 0.234 e. The number of carbonyl (C=O) groups excluding carboxylic acids is 1. The Kier molecular flexibility index (Phi) is 5.21. The van der Waals surface area contributed by atoms with Gasteiger partial charge in [-0.25, -0.2) is 0 Å². The van der Waals surface area contributed by atoms with Gasteiger partial charge in [0.15, 0.2) is 0 Å². The van der Waals surface area contributed by atoms with Gasteiger partial charge in [0.25, 0.3) is 0 Å². The number of rotatable bonds is 6. The quantitative estimate of drug-likeness (QED) is 0.763. The topological polar surface area (TPSA) is 64.4 Å². The van der Waals surface area contributed by atoms with Gasteiger partial charge in [-0.15, -0.1) is 0 Å². The van der Waals surface area contributed by atoms with Gasteiger partial charge in [0.1, 0.15) is 5.75 Å². The first-order valence-corrected chi connectivity index (χ1v) is 6.79. The molecule has 0 aliphatic carbocycles. The first-order chi connectivity index (χ1) is 9.25. The highest BCUT2D eigenvalue weighted by molar-refractivity contribution is 5.79. The Morgan fingerprint density at radius 3 is 2.95 bits per heavy atom. The summed E-state index contributed by atoms with van der Waals surface area (Å²) >= 11 is 0. The second-order valence-corrected chi connectivity index (χ2v) is 4.88. The number of amides is 1. The number of piperidine rings is 1. The van der Waals surface area contributed by atoms with Crippen LogP contribution < -0.4 is 15.8 Å². The first kappa shape index (κ1) is 13.9. The molecule has 1 heterocycles. The van der Waals surface area contributed by atoms with Crippen LogP contribution in [0.15, 0.2) is 30.3 Å². The van der Waals surface area contributed by atoms with Crippen molar-refractivity contribution in [2.24, 2.45) is 11.7 Å². The number of ether oxygens (including phenoxy) is 1. The molecule has 1 amide bonds. The van der Waals surface area contributed by atoms with E-state index in [1.165, 1.54) is 0 Å². The number of benzene rings is 1. The van der Waals surface area contributed by atoms with E-state index in [1.807, 2.05) is 30.3 Å². The average Bonchev–Trinajstić information content (AvgIpc) is 2.45. The summed E-state index contributed by atoms with van der Waals surface area (Å²) in [5.41, 5.74) is 5.32. The fourth-order valence-electron chi connectivity index (χ4n) is 2.37. The lowest BCUT2D eigenvalue weighted by atomic mass is 9.88. The van der Waals surface area contributed by atoms with Crippen molar-refractivity contribution in [2.75, 3.05) is 13.2 Å². The highest BCUT2D eigenvalue weighted by Crippen LogP contribution is 2.20. The zero-order valence-corrected chi connectivity index (χ0v) is 11.0. The van der Waals surface area contributed by atoms with Crippen molar-refractivity contribution in [1.82, 2.24) is 5.32 Å². The molecule has 2 rings (SSSR count). The molecule has 0 saturated carbocycles. The Morgan fingerprint density at radius 2 is 2.21 bits per heavy atom. The van der Waals surface area contributed by atoms with Crippen molar-refractivity contribution in [3.05, 3.63) is 36.8 Å². The maximum Gasteiger partial charge on any atom is 0.234 e. The molecule has 0 aromatic heterocycles. The number of primary amides is 1. The molecule has 0 spiro atoms. The third-order valence-electron chi connectivity index (χ3n) is 3.42. The van der Waals surface area contributed by atoms with Gasteiger partial charge >= 0.3 is 0 Å². The summed E-state index contributed by atoms with van der Waals surface area (Å²) in [6.45, 7) is 1.53. The number of nitrogens with one attached hydrogen (secondary N) is 1. The standard InChI is InChI=1S/C15H21N2O2/c16-15(18)14-11-12(8-9-17-14)5-4-10-19-13-6-2-1-3-7-13/h1-3,5-7,12,14,17H,4,8-11H2,(H2,16,18). The summed E-state index contributed by atoms with van der Waals surface area (Å²) in [7, 11) is 0. The largest absolute Gasteiger partial charge is 0.494 e. The van der Waals surface area contributed by atoms with Gasteiger partial charge in [-0.1, -0.05) is 18.2 Å². The molecule has 1 saturated heterocycles. The zero-order valence-electron chi connectivity index (χ0n) is 11.0. The normalized spacial score (nSPS) is 22.9. The van der Waals surface area contributed by atoms with E-state index < -0.39 is 0 Å². The molecule has 0 bridgehead atoms. The second kappa shape index (κ2) is 7.14. The first-order valence-electron chi connectivity index (χ1n) is 6.79. The Balaban J connectivity index is 1.64. The highest BCUT2D eigenvalue weighted by Gasteiger charge is 2.24. The lowest BCUT2D eigenvalue weighted by molar-refractivity contribution is -0.120. The molecule has 1 aromatic carbocycles. The minimum Gasteiger partial charge on any atom is -0.494 e. The fourth-order valence-corrected chi connectivity index (χ4v) is 2.37. The van der Waals surface area contributed by atoms with E-state index in [2.05, 4.69) is 11.7 Å². The van der Waals surface area contributed by atoms with Crippen LogP contribution in [0.1, 0.15) is 19.3 Å². The predicted octanol–water partition coefficient (Wildman–Crippen LogP) is 1.51. The Hall–Kier alpha value is -1.55. The third-order valence-corrected chi connectivity index (χ3v) is 3.42. The monoisotopic (exact) mass is 261 g/mol. The molecule has 4 heteroatoms. The fraction of sp³-hybridized carbons (Fsp3) is 0.467. The molecule has 4 nitrogen and oxygen atoms in total. The van der Waals surface area contributed by atoms with E-state index in [0.717, 1.165) is 31.6 Å². The van der Waals surface area contributed by atoms with E-state index in [9.17, 15) is 4.79 Å². The van der Waals surface area contributed by atoms with Gasteiger partial charge in [0.05, 0.1) is 12.6 Å². The van der Waals surface area contributed by atoms with Crippen LogP contribution >= 0.6 is 0 Å². The molecular weight excluding hydrogens is 240 g/mol. The summed E-state index contributed by atoms with van der Waals surface area (Å²) < 4.78 is 5.63. The molecule has 103 valence electrons. The van der Waals surface area contributed by atoms with Crippen LogP contribution in [0.25, 0.3) is 0 Å². The number of carbonyl (C=O) groups is 1. The van der Waals surface area contributed by atoms with Crippen molar-refractivity contribution in [3.8, 4) is 5.75 Å². The summed E-state index contributed by atoms with van der Waals surface area (Å²) in [5.74, 6) is 1.10. The summed E-state index contributed by atoms with van der Waals surface area (Å²) in [6, 6.07) is 9.62. The number of hydrogen-bond donors (Lipinski definition) is 2. The van der Waals surface area contributed by atoms with Gasteiger partial charge in [0.2, 0.25) is 5.91 Å². The minimum atomic E-state index is -0.251. The Labute approximate surface area is 114 Å². The number of para-hydroxylation sites is 1. The molecule has 2 unspecified atom stereocenters. The van der Waals surface area contributed by atoms with Crippen molar-refractivity contribution in [1.29, 1.82) is 0 Å². The maximum atomic E-state index is 11.1. The molecule has 1 aliphatic heterocycles. The number of hydrogen-bond acceptors (Lipinski definition) is 3. The predicted molar refractivity (Wildman–Crippen MR) is 74.6 cm³/mol. The summed E-state index contributed by atoms with van der Waals surface area (Å²) in [4.78, 5) is 11.1. The molecule has 19 heavy (non-hydrogen) atoms. The van der Waals surface area contributed by atoms with Crippen molar-refractivity contribution in [3.63, 3.8) is 0 Å². The van der Waals surface area contributed by atoms with Crippen LogP contribution in [0.4, 0.5) is 0 Å². The van der Waals surface area contributed by atoms with E-state index in [4.69, 9.17) is 10.5 Å². The highest BCUT2D eigenvalue weighted by atomic mass is 16.5. The van der Waals surface area contributed by atoms with Crippen LogP contribution in [0.2, 0.25) is 0 Å². The molecule has 1 aromatic rings. The van der Waals surface area contributed by atoms with Gasteiger partial charge in [-0.2, -0.15) is 0 Å². The molecule has 1 fully saturated rings. The van der Waals surface area contributed by atoms with E-state index >= 15 is 0 Å². The van der Waals surface area contributed by atoms with E-state index in [1.54, 1.807) is 0 Å². The molecule has 2 atom stereocenters. The van der Waals surface area contributed by atoms with Crippen molar-refractivity contribution in [2.45, 2.75) is 25.3 Å². The Bertz CT molecular complexity index is 394. The molecule has 3 N–H and O–H groups in total. The van der Waals surface area contributed by atoms with Crippen molar-refractivity contribution < 1.29 is 9.53 Å². The van der Waals surface area contributed by atoms with Gasteiger partial charge in [-0.3, -0.25) is 4.79 Å². The average molecular weight is 261 g/mol. The van der Waals surface area contributed by atoms with Gasteiger partial charge in [-0.05, 0) is 50.3 Å². The van der Waals surface area contributed by atoms with E-state index in [0.29, 0.717) is 12.5 Å². The van der Waals surface area contributed by atoms with Crippen LogP contribution in [0.3, 0.4) is 0 Å². The van der Waals surface area contributed by atoms with E-state index in [-0.39, 0.29) is 11.9 Å². The van der Waals surface area contributed by atoms with Crippen LogP contribution in [0, 0.1) is 12.3 Å². The Morgan fingerprint density at radius 1 is 1.42 bits per heavy atom. The molecule has 1 radical (unpaired) electrons. The second-order valence-electron chi connectivity index (χ2n) is 4.88. The summed E-state index contributed by atoms with van der Waals surface area (Å²) in [6.07, 6.45) is 5.01. The van der Waals surface area contributed by atoms with Crippen LogP contribution in [-0.2, 0) is 4.79 Å². The number of nitrogens with two attached hydrogens (primary N) is 1. The van der Waals surface area contributed by atoms with Crippen LogP contribution in [-0.4, -0.2) is 25.1 Å². The third kappa shape index (κ3) is 4.56. The maximum absolute atomic E-state index is 11.1. The van der Waals surface area contributed by atoms with Gasteiger partial charge in [0, 0.05) is 0 Å². The zero-order chi connectivity index (χ0) is 13.5.